The van der Waals surface area contributed by atoms with Crippen molar-refractivity contribution < 1.29 is 33.4 Å². The number of rotatable bonds is 35. The van der Waals surface area contributed by atoms with Gasteiger partial charge in [-0.25, -0.2) is 19.1 Å². The number of carbonyl (C=O) groups excluding carboxylic acids is 1. The molecule has 2 aromatic rings. The second-order valence-electron chi connectivity index (χ2n) is 12.9. The Kier molecular flexibility index (Phi) is 26.4. The van der Waals surface area contributed by atoms with Gasteiger partial charge in [0.2, 0.25) is 6.33 Å². The molecule has 0 fully saturated rings. The summed E-state index contributed by atoms with van der Waals surface area (Å²) in [6, 6.07) is 2.09. The van der Waals surface area contributed by atoms with Gasteiger partial charge in [-0.1, -0.05) is 103 Å². The molecule has 0 bridgehead atoms. The van der Waals surface area contributed by atoms with E-state index < -0.39 is 5.97 Å². The van der Waals surface area contributed by atoms with Crippen molar-refractivity contribution in [2.75, 3.05) is 39.6 Å². The van der Waals surface area contributed by atoms with Crippen LogP contribution in [0, 0.1) is 0 Å². The molecule has 0 aromatic carbocycles. The van der Waals surface area contributed by atoms with Gasteiger partial charge in [0.1, 0.15) is 25.0 Å². The molecule has 0 radical (unpaired) electrons. The second kappa shape index (κ2) is 30.5. The van der Waals surface area contributed by atoms with Crippen LogP contribution in [0.1, 0.15) is 135 Å². The van der Waals surface area contributed by atoms with E-state index in [-0.39, 0.29) is 12.5 Å². The summed E-state index contributed by atoms with van der Waals surface area (Å²) in [4.78, 5) is 18.9. The Balaban J connectivity index is 1.45. The highest BCUT2D eigenvalue weighted by Gasteiger charge is 2.13. The third-order valence-electron chi connectivity index (χ3n) is 8.47. The van der Waals surface area contributed by atoms with E-state index in [1.165, 1.54) is 96.3 Å². The van der Waals surface area contributed by atoms with Crippen LogP contribution in [0.5, 0.6) is 6.01 Å². The summed E-state index contributed by atoms with van der Waals surface area (Å²) in [5.41, 5.74) is 0. The number of carboxylic acid groups (broad SMARTS) is 1. The molecule has 1 unspecified atom stereocenters. The van der Waals surface area contributed by atoms with E-state index in [4.69, 9.17) is 18.9 Å². The van der Waals surface area contributed by atoms with Gasteiger partial charge in [-0.15, -0.1) is 0 Å². The molecule has 48 heavy (non-hydrogen) atoms. The number of ether oxygens (including phenoxy) is 4. The highest BCUT2D eigenvalue weighted by Crippen LogP contribution is 2.14. The lowest BCUT2D eigenvalue weighted by Crippen LogP contribution is -2.31. The van der Waals surface area contributed by atoms with E-state index in [9.17, 15) is 9.90 Å². The summed E-state index contributed by atoms with van der Waals surface area (Å²) in [5, 5.41) is 10.5. The molecule has 0 spiro atoms. The van der Waals surface area contributed by atoms with Gasteiger partial charge < -0.3 is 28.8 Å². The van der Waals surface area contributed by atoms with E-state index in [0.29, 0.717) is 45.5 Å². The highest BCUT2D eigenvalue weighted by atomic mass is 16.6. The summed E-state index contributed by atoms with van der Waals surface area (Å²) in [6.45, 7) is 6.98. The van der Waals surface area contributed by atoms with Gasteiger partial charge in [0.15, 0.2) is 0 Å². The Hall–Kier alpha value is -2.56. The number of unbranched alkanes of at least 4 members (excludes halogenated alkanes) is 17. The van der Waals surface area contributed by atoms with Crippen molar-refractivity contribution >= 4 is 5.97 Å². The van der Waals surface area contributed by atoms with Crippen molar-refractivity contribution in [3.8, 4) is 6.01 Å². The third-order valence-corrected chi connectivity index (χ3v) is 8.47. The molecule has 0 aliphatic heterocycles. The maximum absolute atomic E-state index is 10.5. The van der Waals surface area contributed by atoms with Crippen LogP contribution in [0.25, 0.3) is 0 Å². The van der Waals surface area contributed by atoms with Crippen LogP contribution in [0.2, 0.25) is 0 Å². The minimum atomic E-state index is -0.973. The first kappa shape index (κ1) is 41.6. The molecular weight excluding hydrogens is 608 g/mol. The van der Waals surface area contributed by atoms with Crippen LogP contribution in [0.15, 0.2) is 37.2 Å². The Labute approximate surface area is 290 Å². The Morgan fingerprint density at radius 2 is 1.29 bits per heavy atom. The number of carbonyl (C=O) groups is 1. The van der Waals surface area contributed by atoms with E-state index in [0.717, 1.165) is 39.0 Å². The molecule has 0 amide bonds. The molecule has 1 atom stereocenters. The average Bonchev–Trinajstić information content (AvgIpc) is 3.54. The average molecular weight is 675 g/mol. The SMILES string of the molecule is CCCCCCCCCCCCCCCCCCOCC(COCCOCCn1cc[n+](CCCCCC(=O)[O-])c1)Oc1ncccn1. The molecule has 2 aromatic heterocycles. The lowest BCUT2D eigenvalue weighted by Gasteiger charge is -2.18. The molecule has 0 saturated carbocycles. The fourth-order valence-electron chi connectivity index (χ4n) is 5.63. The third kappa shape index (κ3) is 24.6. The van der Waals surface area contributed by atoms with Crippen molar-refractivity contribution in [2.45, 2.75) is 155 Å². The predicted octanol–water partition coefficient (Wildman–Crippen LogP) is 6.63. The summed E-state index contributed by atoms with van der Waals surface area (Å²) in [7, 11) is 0. The maximum Gasteiger partial charge on any atom is 0.316 e. The van der Waals surface area contributed by atoms with Crippen molar-refractivity contribution in [3.05, 3.63) is 37.2 Å². The minimum absolute atomic E-state index is 0.134. The number of hydrogen-bond donors (Lipinski definition) is 0. The number of aryl methyl sites for hydroxylation is 1. The number of carboxylic acids is 1. The monoisotopic (exact) mass is 674 g/mol. The minimum Gasteiger partial charge on any atom is -0.550 e. The number of hydrogen-bond acceptors (Lipinski definition) is 8. The van der Waals surface area contributed by atoms with Gasteiger partial charge in [-0.2, -0.15) is 0 Å². The number of nitrogens with zero attached hydrogens (tertiary/aromatic N) is 4. The maximum atomic E-state index is 10.5. The smallest absolute Gasteiger partial charge is 0.316 e. The largest absolute Gasteiger partial charge is 0.550 e. The van der Waals surface area contributed by atoms with Crippen molar-refractivity contribution in [2.24, 2.45) is 0 Å². The number of aromatic nitrogens is 4. The Bertz CT molecular complexity index is 993. The molecular formula is C38H66N4O6. The van der Waals surface area contributed by atoms with E-state index in [1.807, 2.05) is 18.7 Å². The molecule has 10 heteroatoms. The molecule has 0 saturated heterocycles. The zero-order valence-corrected chi connectivity index (χ0v) is 30.1. The van der Waals surface area contributed by atoms with E-state index in [2.05, 4.69) is 26.0 Å². The summed E-state index contributed by atoms with van der Waals surface area (Å²) in [6.07, 6.45) is 33.5. The topological polar surface area (TPSA) is 112 Å². The van der Waals surface area contributed by atoms with Crippen LogP contribution in [0.4, 0.5) is 0 Å². The van der Waals surface area contributed by atoms with Gasteiger partial charge in [0, 0.05) is 25.0 Å². The van der Waals surface area contributed by atoms with Gasteiger partial charge in [-0.05, 0) is 38.2 Å². The van der Waals surface area contributed by atoms with Crippen molar-refractivity contribution in [1.29, 1.82) is 0 Å². The lowest BCUT2D eigenvalue weighted by molar-refractivity contribution is -0.696. The Morgan fingerprint density at radius 1 is 0.729 bits per heavy atom. The quantitative estimate of drug-likeness (QED) is 0.0592. The first-order valence-corrected chi connectivity index (χ1v) is 19.1. The van der Waals surface area contributed by atoms with Crippen LogP contribution >= 0.6 is 0 Å². The number of aliphatic carboxylic acids is 1. The van der Waals surface area contributed by atoms with Crippen LogP contribution in [-0.4, -0.2) is 66.2 Å². The van der Waals surface area contributed by atoms with Gasteiger partial charge in [0.25, 0.3) is 0 Å². The van der Waals surface area contributed by atoms with Gasteiger partial charge in [0.05, 0.1) is 39.6 Å². The van der Waals surface area contributed by atoms with Gasteiger partial charge >= 0.3 is 6.01 Å². The normalized spacial score (nSPS) is 12.0. The summed E-state index contributed by atoms with van der Waals surface area (Å²) >= 11 is 0. The van der Waals surface area contributed by atoms with E-state index >= 15 is 0 Å². The predicted molar refractivity (Wildman–Crippen MR) is 187 cm³/mol. The molecule has 2 rings (SSSR count). The van der Waals surface area contributed by atoms with Crippen molar-refractivity contribution in [3.63, 3.8) is 0 Å². The van der Waals surface area contributed by atoms with Gasteiger partial charge in [-0.3, -0.25) is 0 Å². The molecule has 0 N–H and O–H groups in total. The molecule has 2 heterocycles. The fourth-order valence-corrected chi connectivity index (χ4v) is 5.63. The summed E-state index contributed by atoms with van der Waals surface area (Å²) in [5.74, 6) is -0.973. The first-order chi connectivity index (χ1) is 23.7. The fraction of sp³-hybridized carbons (Fsp3) is 0.789. The van der Waals surface area contributed by atoms with E-state index in [1.54, 1.807) is 18.5 Å². The first-order valence-electron chi connectivity index (χ1n) is 19.1. The van der Waals surface area contributed by atoms with Crippen LogP contribution < -0.4 is 14.4 Å². The lowest BCUT2D eigenvalue weighted by atomic mass is 10.0. The summed E-state index contributed by atoms with van der Waals surface area (Å²) < 4.78 is 27.7. The molecule has 10 nitrogen and oxygen atoms in total. The van der Waals surface area contributed by atoms with Crippen LogP contribution in [-0.2, 0) is 32.1 Å². The highest BCUT2D eigenvalue weighted by molar-refractivity contribution is 5.64. The second-order valence-corrected chi connectivity index (χ2v) is 12.9. The standard InChI is InChI=1S/C38H66N4O6/c1-2-3-4-5-6-7-8-9-10-11-12-13-14-15-16-20-29-46-33-36(48-38-39-23-21-24-40-38)34-47-32-31-45-30-28-42-27-26-41(35-42)25-19-17-18-22-37(43)44/h21,23-24,26-27,35-36H,2-20,22,25,28-34H2,1H3. The van der Waals surface area contributed by atoms with Crippen molar-refractivity contribution in [1.82, 2.24) is 14.5 Å². The Morgan fingerprint density at radius 3 is 1.92 bits per heavy atom. The zero-order chi connectivity index (χ0) is 34.2. The zero-order valence-electron chi connectivity index (χ0n) is 30.1. The molecule has 0 aliphatic rings. The number of imidazole rings is 1. The molecule has 0 aliphatic carbocycles. The molecule has 274 valence electrons. The van der Waals surface area contributed by atoms with Crippen LogP contribution in [0.3, 0.4) is 0 Å².